The van der Waals surface area contributed by atoms with Gasteiger partial charge in [-0.25, -0.2) is 5.32 Å². The van der Waals surface area contributed by atoms with Gasteiger partial charge in [0.1, 0.15) is 0 Å². The number of nitrogens with zero attached hydrogens (tertiary/aromatic N) is 1. The van der Waals surface area contributed by atoms with E-state index in [0.717, 1.165) is 6.54 Å². The first-order valence-corrected chi connectivity index (χ1v) is 4.41. The van der Waals surface area contributed by atoms with Gasteiger partial charge in [0.25, 0.3) is 0 Å². The Hall–Kier alpha value is 0.310. The van der Waals surface area contributed by atoms with Gasteiger partial charge in [0.05, 0.1) is 5.37 Å². The van der Waals surface area contributed by atoms with Crippen LogP contribution in [0.4, 0.5) is 0 Å². The van der Waals surface area contributed by atoms with Gasteiger partial charge in [0.2, 0.25) is 0 Å². The van der Waals surface area contributed by atoms with Crippen molar-refractivity contribution in [2.45, 2.75) is 24.6 Å². The molecule has 1 fully saturated rings. The lowest BCUT2D eigenvalue weighted by Crippen LogP contribution is -2.23. The molecule has 2 heteroatoms. The molecule has 1 unspecified atom stereocenters. The average molecular weight is 130 g/mol. The first-order valence-electron chi connectivity index (χ1n) is 3.13. The first-order chi connectivity index (χ1) is 3.93. The molecule has 1 aliphatic rings. The molecule has 1 rings (SSSR count). The minimum atomic E-state index is 0.628. The molecule has 0 spiro atoms. The fraction of sp³-hybridized carbons (Fsp3) is 1.00. The molecule has 0 aliphatic carbocycles. The number of hydrogen-bond acceptors (Lipinski definition) is 1. The topological polar surface area (TPSA) is 14.1 Å². The second kappa shape index (κ2) is 3.36. The molecule has 1 nitrogen and oxygen atoms in total. The maximum absolute atomic E-state index is 4.41. The Balaban J connectivity index is 2.13. The Labute approximate surface area is 55.2 Å². The van der Waals surface area contributed by atoms with Crippen LogP contribution in [0.3, 0.4) is 0 Å². The van der Waals surface area contributed by atoms with Crippen molar-refractivity contribution >= 4 is 11.8 Å². The number of piperidine rings is 1. The molecular formula is C6H12NS. The van der Waals surface area contributed by atoms with Crippen LogP contribution in [0.15, 0.2) is 0 Å². The lowest BCUT2D eigenvalue weighted by Gasteiger charge is -2.18. The van der Waals surface area contributed by atoms with E-state index in [1.165, 1.54) is 19.3 Å². The summed E-state index contributed by atoms with van der Waals surface area (Å²) in [7, 11) is 0. The summed E-state index contributed by atoms with van der Waals surface area (Å²) in [5, 5.41) is 5.04. The number of thioether (sulfide) groups is 1. The SMILES string of the molecule is CSC1CCCC[N]1. The van der Waals surface area contributed by atoms with Crippen LogP contribution in [0.25, 0.3) is 0 Å². The molecule has 47 valence electrons. The zero-order valence-corrected chi connectivity index (χ0v) is 6.08. The minimum Gasteiger partial charge on any atom is -0.228 e. The van der Waals surface area contributed by atoms with E-state index in [1.807, 2.05) is 11.8 Å². The molecule has 0 bridgehead atoms. The van der Waals surface area contributed by atoms with E-state index in [-0.39, 0.29) is 0 Å². The molecule has 1 saturated heterocycles. The molecule has 0 N–H and O–H groups in total. The highest BCUT2D eigenvalue weighted by Crippen LogP contribution is 2.16. The minimum absolute atomic E-state index is 0.628. The van der Waals surface area contributed by atoms with Crippen molar-refractivity contribution in [2.24, 2.45) is 0 Å². The second-order valence-electron chi connectivity index (χ2n) is 2.09. The van der Waals surface area contributed by atoms with Crippen molar-refractivity contribution < 1.29 is 0 Å². The maximum atomic E-state index is 4.41. The fourth-order valence-electron chi connectivity index (χ4n) is 0.950. The van der Waals surface area contributed by atoms with Crippen LogP contribution in [0, 0.1) is 0 Å². The first kappa shape index (κ1) is 6.43. The highest BCUT2D eigenvalue weighted by Gasteiger charge is 2.10. The van der Waals surface area contributed by atoms with Gasteiger partial charge in [-0.2, -0.15) is 0 Å². The van der Waals surface area contributed by atoms with E-state index in [9.17, 15) is 0 Å². The monoisotopic (exact) mass is 130 g/mol. The molecule has 1 aliphatic heterocycles. The third kappa shape index (κ3) is 1.67. The van der Waals surface area contributed by atoms with Gasteiger partial charge in [-0.1, -0.05) is 0 Å². The van der Waals surface area contributed by atoms with Crippen LogP contribution >= 0.6 is 11.8 Å². The quantitative estimate of drug-likeness (QED) is 0.524. The second-order valence-corrected chi connectivity index (χ2v) is 3.11. The Morgan fingerprint density at radius 1 is 1.50 bits per heavy atom. The Morgan fingerprint density at radius 3 is 2.75 bits per heavy atom. The summed E-state index contributed by atoms with van der Waals surface area (Å²) >= 11 is 1.88. The van der Waals surface area contributed by atoms with E-state index in [0.29, 0.717) is 5.37 Å². The molecule has 1 heterocycles. The summed E-state index contributed by atoms with van der Waals surface area (Å²) < 4.78 is 0. The standard InChI is InChI=1S/C6H12NS/c1-8-6-4-2-3-5-7-6/h6H,2-5H2,1H3. The molecule has 0 amide bonds. The third-order valence-corrected chi connectivity index (χ3v) is 2.39. The van der Waals surface area contributed by atoms with Gasteiger partial charge in [0.15, 0.2) is 0 Å². The molecular weight excluding hydrogens is 118 g/mol. The van der Waals surface area contributed by atoms with Crippen LogP contribution in [0.1, 0.15) is 19.3 Å². The summed E-state index contributed by atoms with van der Waals surface area (Å²) in [6.07, 6.45) is 6.15. The highest BCUT2D eigenvalue weighted by molar-refractivity contribution is 7.99. The average Bonchev–Trinajstić information content (AvgIpc) is 1.90. The van der Waals surface area contributed by atoms with Crippen LogP contribution in [0.5, 0.6) is 0 Å². The molecule has 0 saturated carbocycles. The molecule has 0 aromatic carbocycles. The number of hydrogen-bond donors (Lipinski definition) is 0. The van der Waals surface area contributed by atoms with E-state index in [1.54, 1.807) is 0 Å². The number of rotatable bonds is 1. The zero-order chi connectivity index (χ0) is 5.82. The van der Waals surface area contributed by atoms with Crippen molar-refractivity contribution in [1.29, 1.82) is 0 Å². The lowest BCUT2D eigenvalue weighted by atomic mass is 10.2. The van der Waals surface area contributed by atoms with Gasteiger partial charge >= 0.3 is 0 Å². The lowest BCUT2D eigenvalue weighted by molar-refractivity contribution is 0.483. The predicted octanol–water partition coefficient (Wildman–Crippen LogP) is 1.46. The Kier molecular flexibility index (Phi) is 2.70. The van der Waals surface area contributed by atoms with Crippen LogP contribution in [-0.4, -0.2) is 18.2 Å². The largest absolute Gasteiger partial charge is 0.228 e. The normalized spacial score (nSPS) is 30.4. The fourth-order valence-corrected chi connectivity index (χ4v) is 1.61. The summed E-state index contributed by atoms with van der Waals surface area (Å²) in [4.78, 5) is 0. The predicted molar refractivity (Wildman–Crippen MR) is 38.2 cm³/mol. The van der Waals surface area contributed by atoms with Crippen molar-refractivity contribution in [2.75, 3.05) is 12.8 Å². The van der Waals surface area contributed by atoms with Gasteiger partial charge in [0, 0.05) is 6.54 Å². The van der Waals surface area contributed by atoms with Crippen molar-refractivity contribution in [3.05, 3.63) is 0 Å². The van der Waals surface area contributed by atoms with E-state index in [4.69, 9.17) is 0 Å². The van der Waals surface area contributed by atoms with E-state index < -0.39 is 0 Å². The van der Waals surface area contributed by atoms with Gasteiger partial charge in [-0.15, -0.1) is 11.8 Å². The van der Waals surface area contributed by atoms with Crippen LogP contribution in [0.2, 0.25) is 0 Å². The van der Waals surface area contributed by atoms with Crippen molar-refractivity contribution in [1.82, 2.24) is 5.32 Å². The summed E-state index contributed by atoms with van der Waals surface area (Å²) in [6, 6.07) is 0. The summed E-state index contributed by atoms with van der Waals surface area (Å²) in [5.74, 6) is 0. The summed E-state index contributed by atoms with van der Waals surface area (Å²) in [5.41, 5.74) is 0. The third-order valence-electron chi connectivity index (χ3n) is 1.46. The maximum Gasteiger partial charge on any atom is 0.0696 e. The molecule has 1 radical (unpaired) electrons. The molecule has 0 aromatic heterocycles. The smallest absolute Gasteiger partial charge is 0.0696 e. The van der Waals surface area contributed by atoms with Crippen LogP contribution in [-0.2, 0) is 0 Å². The van der Waals surface area contributed by atoms with Gasteiger partial charge in [-0.3, -0.25) is 0 Å². The van der Waals surface area contributed by atoms with E-state index >= 15 is 0 Å². The molecule has 0 aromatic rings. The highest BCUT2D eigenvalue weighted by atomic mass is 32.2. The molecule has 8 heavy (non-hydrogen) atoms. The van der Waals surface area contributed by atoms with Crippen LogP contribution < -0.4 is 5.32 Å². The van der Waals surface area contributed by atoms with E-state index in [2.05, 4.69) is 11.6 Å². The zero-order valence-electron chi connectivity index (χ0n) is 5.26. The Bertz CT molecular complexity index is 59.5. The van der Waals surface area contributed by atoms with Gasteiger partial charge < -0.3 is 0 Å². The van der Waals surface area contributed by atoms with Crippen molar-refractivity contribution in [3.63, 3.8) is 0 Å². The summed E-state index contributed by atoms with van der Waals surface area (Å²) in [6.45, 7) is 1.10. The van der Waals surface area contributed by atoms with Crippen molar-refractivity contribution in [3.8, 4) is 0 Å². The van der Waals surface area contributed by atoms with Gasteiger partial charge in [-0.05, 0) is 25.5 Å². The Morgan fingerprint density at radius 2 is 2.38 bits per heavy atom. The molecule has 1 atom stereocenters.